The summed E-state index contributed by atoms with van der Waals surface area (Å²) in [6.45, 7) is 12.0. The highest BCUT2D eigenvalue weighted by molar-refractivity contribution is 7.96. The highest BCUT2D eigenvalue weighted by atomic mass is 32.1. The van der Waals surface area contributed by atoms with Gasteiger partial charge in [-0.25, -0.2) is 0 Å². The van der Waals surface area contributed by atoms with E-state index in [1.54, 1.807) is 0 Å². The zero-order valence-electron chi connectivity index (χ0n) is 45.1. The third-order valence-electron chi connectivity index (χ3n) is 13.7. The molecule has 2 aromatic rings. The fraction of sp³-hybridized carbons (Fsp3) is 0.774. The maximum absolute atomic E-state index is 6.52. The third kappa shape index (κ3) is 32.9. The van der Waals surface area contributed by atoms with Crippen molar-refractivity contribution in [2.75, 3.05) is 26.4 Å². The minimum atomic E-state index is 0.689. The molecule has 0 heterocycles. The van der Waals surface area contributed by atoms with Crippen molar-refractivity contribution in [3.05, 3.63) is 47.5 Å². The lowest BCUT2D eigenvalue weighted by molar-refractivity contribution is 0.258. The van der Waals surface area contributed by atoms with Crippen LogP contribution in [0.5, 0.6) is 23.0 Å². The van der Waals surface area contributed by atoms with Gasteiger partial charge in [-0.2, -0.15) is 0 Å². The van der Waals surface area contributed by atoms with Crippen molar-refractivity contribution < 1.29 is 18.9 Å². The Kier molecular flexibility index (Phi) is 42.2. The number of rotatable bonds is 50. The van der Waals surface area contributed by atoms with E-state index in [1.807, 2.05) is 0 Å². The lowest BCUT2D eigenvalue weighted by atomic mass is 10.1. The Labute approximate surface area is 433 Å². The molecule has 0 fully saturated rings. The zero-order valence-corrected chi connectivity index (χ0v) is 46.9. The third-order valence-corrected chi connectivity index (χ3v) is 14.8. The van der Waals surface area contributed by atoms with Gasteiger partial charge in [0.25, 0.3) is 0 Å². The average molecular weight is 982 g/mol. The van der Waals surface area contributed by atoms with Crippen LogP contribution in [0.2, 0.25) is 0 Å². The molecule has 4 nitrogen and oxygen atoms in total. The monoisotopic (exact) mass is 981 g/mol. The molecule has 68 heavy (non-hydrogen) atoms. The summed E-state index contributed by atoms with van der Waals surface area (Å²) in [5.41, 5.74) is 1.94. The molecule has 0 aromatic heterocycles. The Morgan fingerprint density at radius 2 is 0.456 bits per heavy atom. The van der Waals surface area contributed by atoms with Crippen LogP contribution in [0.25, 0.3) is 9.81 Å². The topological polar surface area (TPSA) is 36.9 Å². The van der Waals surface area contributed by atoms with Crippen LogP contribution in [0.1, 0.15) is 296 Å². The van der Waals surface area contributed by atoms with Crippen LogP contribution in [0.4, 0.5) is 0 Å². The minimum absolute atomic E-state index is 0.689. The molecule has 0 aliphatic rings. The summed E-state index contributed by atoms with van der Waals surface area (Å²) >= 11 is 10.2. The molecule has 392 valence electrons. The predicted octanol–water partition coefficient (Wildman–Crippen LogP) is 21.6. The van der Waals surface area contributed by atoms with Crippen LogP contribution in [0.3, 0.4) is 0 Å². The van der Waals surface area contributed by atoms with E-state index in [-0.39, 0.29) is 0 Å². The first-order valence-electron chi connectivity index (χ1n) is 29.5. The summed E-state index contributed by atoms with van der Waals surface area (Å²) in [6, 6.07) is 12.6. The van der Waals surface area contributed by atoms with Gasteiger partial charge in [0.2, 0.25) is 0 Å². The Hall–Kier alpha value is -1.92. The molecule has 0 bridgehead atoms. The summed E-state index contributed by atoms with van der Waals surface area (Å²) in [5, 5.41) is 0. The standard InChI is InChI=1S/C62H108O4S2/c1-5-9-13-17-21-25-29-33-37-41-49-63-57-47-45-55(53-59(57)65-51-43-39-35-31-27-23-19-15-11-7-3)61(67)62(68)56-46-48-58(64-50-42-38-34-30-26-22-18-14-10-6-2)60(54-56)66-52-44-40-36-32-28-24-20-16-12-8-4/h45-48,53-54,67-68H,5-44,49-52H2,1-4H3. The molecular formula is C62H108O4S2. The Morgan fingerprint density at radius 1 is 0.265 bits per heavy atom. The molecular weight excluding hydrogens is 873 g/mol. The maximum Gasteiger partial charge on any atom is 0.161 e. The molecule has 6 heteroatoms. The molecule has 2 aromatic carbocycles. The summed E-state index contributed by atoms with van der Waals surface area (Å²) in [4.78, 5) is 1.61. The predicted molar refractivity (Wildman–Crippen MR) is 307 cm³/mol. The molecule has 0 radical (unpaired) electrons. The quantitative estimate of drug-likeness (QED) is 0.0394. The summed E-state index contributed by atoms with van der Waals surface area (Å²) in [7, 11) is 0. The van der Waals surface area contributed by atoms with Gasteiger partial charge in [0.1, 0.15) is 0 Å². The number of hydrogen-bond donors (Lipinski definition) is 2. The Morgan fingerprint density at radius 3 is 0.676 bits per heavy atom. The molecule has 0 atom stereocenters. The number of thiol groups is 2. The van der Waals surface area contributed by atoms with Gasteiger partial charge in [-0.05, 0) is 73.2 Å². The molecule has 0 saturated heterocycles. The molecule has 0 N–H and O–H groups in total. The van der Waals surface area contributed by atoms with Gasteiger partial charge in [-0.3, -0.25) is 0 Å². The number of hydrogen-bond acceptors (Lipinski definition) is 6. The number of ether oxygens (including phenoxy) is 4. The van der Waals surface area contributed by atoms with E-state index in [2.05, 4.69) is 64.1 Å². The molecule has 0 amide bonds. The fourth-order valence-electron chi connectivity index (χ4n) is 9.13. The van der Waals surface area contributed by atoms with Crippen LogP contribution in [0.15, 0.2) is 36.4 Å². The Balaban J connectivity index is 2.10. The van der Waals surface area contributed by atoms with E-state index < -0.39 is 0 Å². The highest BCUT2D eigenvalue weighted by Gasteiger charge is 2.15. The second-order valence-electron chi connectivity index (χ2n) is 20.1. The molecule has 0 aliphatic heterocycles. The van der Waals surface area contributed by atoms with Gasteiger partial charge in [0.05, 0.1) is 26.4 Å². The van der Waals surface area contributed by atoms with Crippen molar-refractivity contribution in [2.45, 2.75) is 285 Å². The first-order chi connectivity index (χ1) is 33.5. The minimum Gasteiger partial charge on any atom is -0.490 e. The molecule has 0 saturated carbocycles. The maximum atomic E-state index is 6.52. The second kappa shape index (κ2) is 46.2. The number of benzene rings is 2. The molecule has 0 unspecified atom stereocenters. The van der Waals surface area contributed by atoms with E-state index in [0.717, 1.165) is 69.6 Å². The van der Waals surface area contributed by atoms with Crippen LogP contribution in [0, 0.1) is 0 Å². The van der Waals surface area contributed by atoms with Crippen LogP contribution >= 0.6 is 25.3 Å². The highest BCUT2D eigenvalue weighted by Crippen LogP contribution is 2.40. The van der Waals surface area contributed by atoms with Gasteiger partial charge in [-0.15, -0.1) is 25.3 Å². The van der Waals surface area contributed by atoms with E-state index in [9.17, 15) is 0 Å². The molecule has 2 rings (SSSR count). The Bertz CT molecular complexity index is 1350. The lowest BCUT2D eigenvalue weighted by Gasteiger charge is -2.17. The van der Waals surface area contributed by atoms with Crippen molar-refractivity contribution in [1.82, 2.24) is 0 Å². The van der Waals surface area contributed by atoms with Gasteiger partial charge in [0.15, 0.2) is 23.0 Å². The van der Waals surface area contributed by atoms with Crippen molar-refractivity contribution >= 4 is 35.1 Å². The van der Waals surface area contributed by atoms with E-state index >= 15 is 0 Å². The summed E-state index contributed by atoms with van der Waals surface area (Å²) in [5.74, 6) is 3.25. The lowest BCUT2D eigenvalue weighted by Crippen LogP contribution is -2.04. The summed E-state index contributed by atoms with van der Waals surface area (Å²) < 4.78 is 25.9. The van der Waals surface area contributed by atoms with E-state index in [1.165, 1.54) is 231 Å². The number of unbranched alkanes of at least 4 members (excludes halogenated alkanes) is 36. The van der Waals surface area contributed by atoms with Crippen LogP contribution in [-0.2, 0) is 0 Å². The average Bonchev–Trinajstić information content (AvgIpc) is 3.35. The van der Waals surface area contributed by atoms with Gasteiger partial charge >= 0.3 is 0 Å². The largest absolute Gasteiger partial charge is 0.490 e. The smallest absolute Gasteiger partial charge is 0.161 e. The van der Waals surface area contributed by atoms with Gasteiger partial charge in [0, 0.05) is 9.81 Å². The van der Waals surface area contributed by atoms with Crippen molar-refractivity contribution in [2.24, 2.45) is 0 Å². The SMILES string of the molecule is CCCCCCCCCCCCOc1ccc(C(S)=C(S)c2ccc(OCCCCCCCCCCCC)c(OCCCCCCCCCCCC)c2)cc1OCCCCCCCCCCCC. The van der Waals surface area contributed by atoms with Gasteiger partial charge in [-0.1, -0.05) is 259 Å². The van der Waals surface area contributed by atoms with Crippen LogP contribution < -0.4 is 18.9 Å². The van der Waals surface area contributed by atoms with Crippen molar-refractivity contribution in [3.63, 3.8) is 0 Å². The first-order valence-corrected chi connectivity index (χ1v) is 30.4. The normalized spacial score (nSPS) is 11.9. The van der Waals surface area contributed by atoms with Crippen molar-refractivity contribution in [1.29, 1.82) is 0 Å². The zero-order chi connectivity index (χ0) is 48.8. The van der Waals surface area contributed by atoms with Crippen LogP contribution in [-0.4, -0.2) is 26.4 Å². The first kappa shape index (κ1) is 62.2. The fourth-order valence-corrected chi connectivity index (χ4v) is 9.67. The van der Waals surface area contributed by atoms with E-state index in [0.29, 0.717) is 26.4 Å². The molecule has 0 aliphatic carbocycles. The van der Waals surface area contributed by atoms with E-state index in [4.69, 9.17) is 44.2 Å². The van der Waals surface area contributed by atoms with Gasteiger partial charge < -0.3 is 18.9 Å². The molecule has 0 spiro atoms. The summed E-state index contributed by atoms with van der Waals surface area (Å²) in [6.07, 6.45) is 52.3. The second-order valence-corrected chi connectivity index (χ2v) is 21.0. The van der Waals surface area contributed by atoms with Crippen molar-refractivity contribution in [3.8, 4) is 23.0 Å².